The van der Waals surface area contributed by atoms with E-state index in [-0.39, 0.29) is 17.9 Å². The van der Waals surface area contributed by atoms with E-state index in [1.54, 1.807) is 6.20 Å². The van der Waals surface area contributed by atoms with Crippen molar-refractivity contribution in [1.29, 1.82) is 0 Å². The molecule has 2 aliphatic heterocycles. The largest absolute Gasteiger partial charge is 0.473 e. The number of benzene rings is 3. The molecule has 0 saturated carbocycles. The third kappa shape index (κ3) is 3.57. The molecule has 0 radical (unpaired) electrons. The van der Waals surface area contributed by atoms with Crippen molar-refractivity contribution in [3.63, 3.8) is 0 Å². The van der Waals surface area contributed by atoms with Gasteiger partial charge in [0.2, 0.25) is 11.8 Å². The maximum absolute atomic E-state index is 13.7. The summed E-state index contributed by atoms with van der Waals surface area (Å²) < 4.78 is 12.3. The minimum absolute atomic E-state index is 0.00316. The maximum atomic E-state index is 13.7. The number of carbonyl (C=O) groups is 1. The second-order valence-electron chi connectivity index (χ2n) is 8.49. The van der Waals surface area contributed by atoms with E-state index < -0.39 is 0 Å². The first-order chi connectivity index (χ1) is 16.3. The Morgan fingerprint density at radius 1 is 0.879 bits per heavy atom. The van der Waals surface area contributed by atoms with Crippen molar-refractivity contribution in [3.8, 4) is 17.4 Å². The number of fused-ring (bicyclic) bond motifs is 3. The highest BCUT2D eigenvalue weighted by atomic mass is 16.5. The number of aromatic nitrogens is 2. The molecule has 1 aromatic heterocycles. The number of para-hydroxylation sites is 2. The molecule has 33 heavy (non-hydrogen) atoms. The molecule has 3 aromatic carbocycles. The molecule has 4 aromatic rings. The molecule has 1 fully saturated rings. The first-order valence-electron chi connectivity index (χ1n) is 11.3. The van der Waals surface area contributed by atoms with Crippen LogP contribution in [0, 0.1) is 0 Å². The number of hydrogen-bond acceptors (Lipinski definition) is 5. The van der Waals surface area contributed by atoms with Crippen molar-refractivity contribution in [2.75, 3.05) is 13.1 Å². The van der Waals surface area contributed by atoms with Gasteiger partial charge in [0.15, 0.2) is 0 Å². The van der Waals surface area contributed by atoms with E-state index in [0.29, 0.717) is 19.0 Å². The van der Waals surface area contributed by atoms with Gasteiger partial charge in [0.25, 0.3) is 0 Å². The van der Waals surface area contributed by atoms with Gasteiger partial charge >= 0.3 is 0 Å². The van der Waals surface area contributed by atoms with Gasteiger partial charge in [-0.1, -0.05) is 54.6 Å². The van der Waals surface area contributed by atoms with E-state index in [2.05, 4.69) is 10.2 Å². The summed E-state index contributed by atoms with van der Waals surface area (Å²) in [4.78, 5) is 15.7. The SMILES string of the molecule is O=C(C1c2ccccc2Oc2ccccc21)N1CCC(Oc2nncc3ccccc23)CC1. The molecule has 164 valence electrons. The molecule has 0 N–H and O–H groups in total. The number of carbonyl (C=O) groups excluding carboxylic acids is 1. The minimum Gasteiger partial charge on any atom is -0.473 e. The fraction of sp³-hybridized carbons (Fsp3) is 0.222. The number of hydrogen-bond donors (Lipinski definition) is 0. The first-order valence-corrected chi connectivity index (χ1v) is 11.3. The molecule has 0 spiro atoms. The highest BCUT2D eigenvalue weighted by Gasteiger charge is 2.36. The van der Waals surface area contributed by atoms with E-state index in [1.165, 1.54) is 0 Å². The topological polar surface area (TPSA) is 64.5 Å². The number of amides is 1. The summed E-state index contributed by atoms with van der Waals surface area (Å²) in [6.45, 7) is 1.28. The number of piperidine rings is 1. The van der Waals surface area contributed by atoms with Crippen LogP contribution in [0.1, 0.15) is 29.9 Å². The Morgan fingerprint density at radius 2 is 1.52 bits per heavy atom. The van der Waals surface area contributed by atoms with Gasteiger partial charge in [-0.15, -0.1) is 5.10 Å². The van der Waals surface area contributed by atoms with Crippen molar-refractivity contribution in [2.45, 2.75) is 24.9 Å². The summed E-state index contributed by atoms with van der Waals surface area (Å²) in [5.41, 5.74) is 1.84. The van der Waals surface area contributed by atoms with Gasteiger partial charge in [0, 0.05) is 47.8 Å². The minimum atomic E-state index is -0.354. The third-order valence-electron chi connectivity index (χ3n) is 6.50. The number of ether oxygens (including phenoxy) is 2. The summed E-state index contributed by atoms with van der Waals surface area (Å²) in [7, 11) is 0. The predicted molar refractivity (Wildman–Crippen MR) is 125 cm³/mol. The van der Waals surface area contributed by atoms with Crippen LogP contribution in [0.5, 0.6) is 17.4 Å². The quantitative estimate of drug-likeness (QED) is 0.454. The average molecular weight is 437 g/mol. The zero-order chi connectivity index (χ0) is 22.2. The summed E-state index contributed by atoms with van der Waals surface area (Å²) in [6, 6.07) is 23.6. The Hall–Kier alpha value is -3.93. The fourth-order valence-corrected chi connectivity index (χ4v) is 4.80. The lowest BCUT2D eigenvalue weighted by Gasteiger charge is -2.36. The first kappa shape index (κ1) is 19.7. The molecule has 6 heteroatoms. The van der Waals surface area contributed by atoms with Crippen molar-refractivity contribution >= 4 is 16.7 Å². The highest BCUT2D eigenvalue weighted by Crippen LogP contribution is 2.44. The van der Waals surface area contributed by atoms with Crippen LogP contribution in [0.3, 0.4) is 0 Å². The molecule has 6 rings (SSSR count). The van der Waals surface area contributed by atoms with E-state index in [0.717, 1.165) is 46.2 Å². The number of nitrogens with zero attached hydrogens (tertiary/aromatic N) is 3. The van der Waals surface area contributed by atoms with Crippen LogP contribution in [0.4, 0.5) is 0 Å². The Labute approximate surface area is 191 Å². The molecule has 1 saturated heterocycles. The standard InChI is InChI=1S/C27H23N3O3/c31-27(25-21-9-3-5-11-23(21)33-24-12-6-4-10-22(24)25)30-15-13-19(14-16-30)32-26-20-8-2-1-7-18(20)17-28-29-26/h1-12,17,19,25H,13-16H2. The van der Waals surface area contributed by atoms with Gasteiger partial charge in [-0.2, -0.15) is 5.10 Å². The van der Waals surface area contributed by atoms with Crippen LogP contribution in [0.25, 0.3) is 10.8 Å². The number of rotatable bonds is 3. The molecular formula is C27H23N3O3. The van der Waals surface area contributed by atoms with E-state index >= 15 is 0 Å². The van der Waals surface area contributed by atoms with Crippen LogP contribution >= 0.6 is 0 Å². The van der Waals surface area contributed by atoms with Gasteiger partial charge in [-0.3, -0.25) is 4.79 Å². The molecular weight excluding hydrogens is 414 g/mol. The van der Waals surface area contributed by atoms with E-state index in [9.17, 15) is 4.79 Å². The van der Waals surface area contributed by atoms with Gasteiger partial charge < -0.3 is 14.4 Å². The second-order valence-corrected chi connectivity index (χ2v) is 8.49. The lowest BCUT2D eigenvalue weighted by atomic mass is 9.86. The Kier molecular flexibility index (Phi) is 4.91. The average Bonchev–Trinajstić information content (AvgIpc) is 2.87. The molecule has 2 aliphatic rings. The van der Waals surface area contributed by atoms with Gasteiger partial charge in [-0.25, -0.2) is 0 Å². The van der Waals surface area contributed by atoms with Crippen molar-refractivity contribution in [3.05, 3.63) is 90.1 Å². The molecule has 6 nitrogen and oxygen atoms in total. The Morgan fingerprint density at radius 3 is 2.24 bits per heavy atom. The van der Waals surface area contributed by atoms with Crippen molar-refractivity contribution in [2.24, 2.45) is 0 Å². The summed E-state index contributed by atoms with van der Waals surface area (Å²) >= 11 is 0. The second kappa shape index (κ2) is 8.20. The van der Waals surface area contributed by atoms with Crippen LogP contribution in [0.15, 0.2) is 79.0 Å². The predicted octanol–water partition coefficient (Wildman–Crippen LogP) is 4.94. The lowest BCUT2D eigenvalue weighted by Crippen LogP contribution is -2.44. The smallest absolute Gasteiger partial charge is 0.241 e. The molecule has 0 atom stereocenters. The molecule has 1 amide bonds. The van der Waals surface area contributed by atoms with Gasteiger partial charge in [0.1, 0.15) is 17.6 Å². The molecule has 3 heterocycles. The monoisotopic (exact) mass is 437 g/mol. The van der Waals surface area contributed by atoms with Crippen LogP contribution in [-0.4, -0.2) is 40.2 Å². The van der Waals surface area contributed by atoms with Crippen molar-refractivity contribution < 1.29 is 14.3 Å². The van der Waals surface area contributed by atoms with Crippen molar-refractivity contribution in [1.82, 2.24) is 15.1 Å². The van der Waals surface area contributed by atoms with Gasteiger partial charge in [0.05, 0.1) is 12.1 Å². The molecule has 0 bridgehead atoms. The van der Waals surface area contributed by atoms with Crippen LogP contribution in [0.2, 0.25) is 0 Å². The number of likely N-dealkylation sites (tertiary alicyclic amines) is 1. The molecule has 0 aliphatic carbocycles. The van der Waals surface area contributed by atoms with Gasteiger partial charge in [-0.05, 0) is 18.2 Å². The lowest BCUT2D eigenvalue weighted by molar-refractivity contribution is -0.133. The van der Waals surface area contributed by atoms with Crippen LogP contribution < -0.4 is 9.47 Å². The van der Waals surface area contributed by atoms with E-state index in [1.807, 2.05) is 77.7 Å². The zero-order valence-electron chi connectivity index (χ0n) is 18.1. The fourth-order valence-electron chi connectivity index (χ4n) is 4.80. The summed E-state index contributed by atoms with van der Waals surface area (Å²) in [5.74, 6) is 1.82. The van der Waals surface area contributed by atoms with E-state index in [4.69, 9.17) is 9.47 Å². The third-order valence-corrected chi connectivity index (χ3v) is 6.50. The Balaban J connectivity index is 1.20. The summed E-state index contributed by atoms with van der Waals surface area (Å²) in [5, 5.41) is 10.3. The zero-order valence-corrected chi connectivity index (χ0v) is 18.1. The molecule has 0 unspecified atom stereocenters. The maximum Gasteiger partial charge on any atom is 0.241 e. The van der Waals surface area contributed by atoms with Crippen LogP contribution in [-0.2, 0) is 4.79 Å². The normalized spacial score (nSPS) is 16.1. The Bertz CT molecular complexity index is 1280. The summed E-state index contributed by atoms with van der Waals surface area (Å²) in [6.07, 6.45) is 3.25. The highest BCUT2D eigenvalue weighted by molar-refractivity contribution is 5.90.